The van der Waals surface area contributed by atoms with Gasteiger partial charge in [-0.3, -0.25) is 0 Å². The molecule has 0 aliphatic carbocycles. The van der Waals surface area contributed by atoms with Crippen molar-refractivity contribution in [3.8, 4) is 0 Å². The van der Waals surface area contributed by atoms with Crippen LogP contribution >= 0.6 is 0 Å². The van der Waals surface area contributed by atoms with Gasteiger partial charge < -0.3 is 9.59 Å². The molecule has 0 fully saturated rings. The van der Waals surface area contributed by atoms with Crippen LogP contribution in [0.3, 0.4) is 0 Å². The number of carbonyl (C=O) groups is 2. The van der Waals surface area contributed by atoms with Crippen molar-refractivity contribution in [3.63, 3.8) is 0 Å². The molecule has 0 N–H and O–H groups in total. The van der Waals surface area contributed by atoms with Crippen LogP contribution < -0.4 is 0 Å². The zero-order chi connectivity index (χ0) is 11.5. The van der Waals surface area contributed by atoms with E-state index >= 15 is 0 Å². The van der Waals surface area contributed by atoms with Gasteiger partial charge in [0.25, 0.3) is 0 Å². The molecule has 1 rings (SSSR count). The highest BCUT2D eigenvalue weighted by Gasteiger charge is 2.30. The predicted octanol–water partition coefficient (Wildman–Crippen LogP) is 2.19. The maximum absolute atomic E-state index is 12.3. The third-order valence-corrected chi connectivity index (χ3v) is 1.89. The molecule has 1 aromatic carbocycles. The van der Waals surface area contributed by atoms with Crippen LogP contribution in [-0.4, -0.2) is 12.6 Å². The lowest BCUT2D eigenvalue weighted by atomic mass is 10.00. The van der Waals surface area contributed by atoms with E-state index in [2.05, 4.69) is 0 Å². The van der Waals surface area contributed by atoms with E-state index in [0.717, 1.165) is 18.2 Å². The van der Waals surface area contributed by atoms with Gasteiger partial charge in [-0.25, -0.2) is 0 Å². The molecule has 0 radical (unpaired) electrons. The molecule has 1 aromatic rings. The number of hydrogen-bond acceptors (Lipinski definition) is 2. The summed E-state index contributed by atoms with van der Waals surface area (Å²) in [6.07, 6.45) is -3.85. The Labute approximate surface area is 83.7 Å². The van der Waals surface area contributed by atoms with Gasteiger partial charge in [0.15, 0.2) is 0 Å². The van der Waals surface area contributed by atoms with Gasteiger partial charge in [0, 0.05) is 0 Å². The van der Waals surface area contributed by atoms with Gasteiger partial charge in [-0.2, -0.15) is 13.2 Å². The Morgan fingerprint density at radius 1 is 1.13 bits per heavy atom. The maximum Gasteiger partial charge on any atom is 0.416 e. The monoisotopic (exact) mass is 216 g/mol. The lowest BCUT2D eigenvalue weighted by molar-refractivity contribution is -0.137. The smallest absolute Gasteiger partial charge is 0.302 e. The highest BCUT2D eigenvalue weighted by Crippen LogP contribution is 2.30. The van der Waals surface area contributed by atoms with Gasteiger partial charge in [0.1, 0.15) is 12.6 Å². The topological polar surface area (TPSA) is 34.1 Å². The van der Waals surface area contributed by atoms with Crippen LogP contribution in [0.25, 0.3) is 0 Å². The van der Waals surface area contributed by atoms with Crippen molar-refractivity contribution in [2.45, 2.75) is 12.1 Å². The van der Waals surface area contributed by atoms with Gasteiger partial charge in [-0.05, 0) is 11.6 Å². The number of carbonyl (C=O) groups excluding carboxylic acids is 2. The Morgan fingerprint density at radius 2 is 1.73 bits per heavy atom. The average molecular weight is 216 g/mol. The maximum atomic E-state index is 12.3. The predicted molar refractivity (Wildman–Crippen MR) is 46.3 cm³/mol. The summed E-state index contributed by atoms with van der Waals surface area (Å²) in [6.45, 7) is 0. The summed E-state index contributed by atoms with van der Waals surface area (Å²) in [5.74, 6) is -1.13. The molecule has 0 aromatic heterocycles. The minimum Gasteiger partial charge on any atom is -0.302 e. The van der Waals surface area contributed by atoms with Crippen molar-refractivity contribution in [1.82, 2.24) is 0 Å². The number of alkyl halides is 3. The largest absolute Gasteiger partial charge is 0.416 e. The first-order chi connectivity index (χ1) is 6.99. The van der Waals surface area contributed by atoms with Gasteiger partial charge in [-0.15, -0.1) is 0 Å². The molecule has 0 bridgehead atoms. The van der Waals surface area contributed by atoms with E-state index in [-0.39, 0.29) is 5.56 Å². The molecular weight excluding hydrogens is 209 g/mol. The molecule has 0 heterocycles. The highest BCUT2D eigenvalue weighted by molar-refractivity contribution is 5.85. The summed E-state index contributed by atoms with van der Waals surface area (Å²) in [5.41, 5.74) is -0.816. The van der Waals surface area contributed by atoms with E-state index in [1.165, 1.54) is 6.07 Å². The van der Waals surface area contributed by atoms with Crippen molar-refractivity contribution in [3.05, 3.63) is 35.4 Å². The van der Waals surface area contributed by atoms with E-state index in [0.29, 0.717) is 12.6 Å². The first-order valence-corrected chi connectivity index (χ1v) is 4.07. The first-order valence-electron chi connectivity index (χ1n) is 4.07. The third-order valence-electron chi connectivity index (χ3n) is 1.89. The van der Waals surface area contributed by atoms with Crippen LogP contribution in [0, 0.1) is 0 Å². The Morgan fingerprint density at radius 3 is 2.20 bits per heavy atom. The van der Waals surface area contributed by atoms with Gasteiger partial charge in [0.2, 0.25) is 0 Å². The summed E-state index contributed by atoms with van der Waals surface area (Å²) in [5, 5.41) is 0. The lowest BCUT2D eigenvalue weighted by Crippen LogP contribution is -2.08. The molecule has 0 amide bonds. The Balaban J connectivity index is 3.12. The van der Waals surface area contributed by atoms with Crippen LogP contribution in [0.15, 0.2) is 24.3 Å². The number of halogens is 3. The van der Waals surface area contributed by atoms with Crippen LogP contribution in [-0.2, 0) is 15.8 Å². The molecule has 0 unspecified atom stereocenters. The SMILES string of the molecule is O=CC(C=O)c1cccc(C(F)(F)F)c1. The average Bonchev–Trinajstić information content (AvgIpc) is 2.19. The van der Waals surface area contributed by atoms with E-state index in [4.69, 9.17) is 0 Å². The van der Waals surface area contributed by atoms with Crippen LogP contribution in [0.2, 0.25) is 0 Å². The van der Waals surface area contributed by atoms with Gasteiger partial charge in [0.05, 0.1) is 11.5 Å². The number of rotatable bonds is 3. The van der Waals surface area contributed by atoms with Gasteiger partial charge >= 0.3 is 6.18 Å². The van der Waals surface area contributed by atoms with Crippen LogP contribution in [0.1, 0.15) is 17.0 Å². The molecule has 0 atom stereocenters. The number of benzene rings is 1. The zero-order valence-electron chi connectivity index (χ0n) is 7.49. The molecule has 0 saturated carbocycles. The normalized spacial score (nSPS) is 11.5. The molecule has 80 valence electrons. The van der Waals surface area contributed by atoms with Gasteiger partial charge in [-0.1, -0.05) is 18.2 Å². The number of hydrogen-bond donors (Lipinski definition) is 0. The van der Waals surface area contributed by atoms with Crippen molar-refractivity contribution in [2.24, 2.45) is 0 Å². The summed E-state index contributed by atoms with van der Waals surface area (Å²) in [6, 6.07) is 4.16. The molecule has 0 aliphatic rings. The fraction of sp³-hybridized carbons (Fsp3) is 0.200. The summed E-state index contributed by atoms with van der Waals surface area (Å²) < 4.78 is 36.8. The molecule has 15 heavy (non-hydrogen) atoms. The molecule has 2 nitrogen and oxygen atoms in total. The number of aldehydes is 2. The molecule has 0 saturated heterocycles. The van der Waals surface area contributed by atoms with Crippen LogP contribution in [0.4, 0.5) is 13.2 Å². The van der Waals surface area contributed by atoms with Crippen molar-refractivity contribution in [1.29, 1.82) is 0 Å². The van der Waals surface area contributed by atoms with Crippen molar-refractivity contribution >= 4 is 12.6 Å². The molecule has 0 aliphatic heterocycles. The first kappa shape index (κ1) is 11.4. The minimum atomic E-state index is -4.47. The minimum absolute atomic E-state index is 0.0508. The van der Waals surface area contributed by atoms with E-state index in [1.807, 2.05) is 0 Å². The summed E-state index contributed by atoms with van der Waals surface area (Å²) >= 11 is 0. The quantitative estimate of drug-likeness (QED) is 0.573. The standard InChI is InChI=1S/C10H7F3O2/c11-10(12,13)9-3-1-2-7(4-9)8(5-14)6-15/h1-6,8H. The Bertz CT molecular complexity index is 363. The van der Waals surface area contributed by atoms with E-state index < -0.39 is 17.7 Å². The lowest BCUT2D eigenvalue weighted by Gasteiger charge is -2.09. The second-order valence-corrected chi connectivity index (χ2v) is 2.92. The summed E-state index contributed by atoms with van der Waals surface area (Å²) in [4.78, 5) is 20.8. The van der Waals surface area contributed by atoms with E-state index in [9.17, 15) is 22.8 Å². The second-order valence-electron chi connectivity index (χ2n) is 2.92. The molecule has 0 spiro atoms. The molecular formula is C10H7F3O2. The Hall–Kier alpha value is -1.65. The second kappa shape index (κ2) is 4.25. The fourth-order valence-corrected chi connectivity index (χ4v) is 1.11. The Kier molecular flexibility index (Phi) is 3.24. The van der Waals surface area contributed by atoms with E-state index in [1.54, 1.807) is 0 Å². The fourth-order valence-electron chi connectivity index (χ4n) is 1.11. The molecule has 5 heteroatoms. The van der Waals surface area contributed by atoms with Crippen molar-refractivity contribution < 1.29 is 22.8 Å². The van der Waals surface area contributed by atoms with Crippen molar-refractivity contribution in [2.75, 3.05) is 0 Å². The zero-order valence-corrected chi connectivity index (χ0v) is 7.49. The van der Waals surface area contributed by atoms with Crippen LogP contribution in [0.5, 0.6) is 0 Å². The highest BCUT2D eigenvalue weighted by atomic mass is 19.4. The summed E-state index contributed by atoms with van der Waals surface area (Å²) in [7, 11) is 0. The third kappa shape index (κ3) is 2.65.